The number of carbonyl (C=O) groups is 1. The first kappa shape index (κ1) is 14.8. The first-order valence-electron chi connectivity index (χ1n) is 6.65. The van der Waals surface area contributed by atoms with Crippen molar-refractivity contribution in [2.45, 2.75) is 6.54 Å². The Morgan fingerprint density at radius 1 is 1.09 bits per heavy atom. The molecule has 1 aromatic heterocycles. The van der Waals surface area contributed by atoms with E-state index in [9.17, 15) is 9.59 Å². The minimum atomic E-state index is -0.955. The molecule has 4 nitrogen and oxygen atoms in total. The molecular formula is C17H12INO3. The van der Waals surface area contributed by atoms with Gasteiger partial charge < -0.3 is 9.67 Å². The van der Waals surface area contributed by atoms with Crippen molar-refractivity contribution in [1.82, 2.24) is 4.57 Å². The van der Waals surface area contributed by atoms with Crippen LogP contribution < -0.4 is 5.56 Å². The van der Waals surface area contributed by atoms with Gasteiger partial charge in [-0.3, -0.25) is 4.79 Å². The summed E-state index contributed by atoms with van der Waals surface area (Å²) in [7, 11) is 0. The number of benzene rings is 2. The third-order valence-electron chi connectivity index (χ3n) is 3.49. The molecule has 0 bridgehead atoms. The predicted octanol–water partition coefficient (Wildman–Crippen LogP) is 3.35. The van der Waals surface area contributed by atoms with Crippen LogP contribution in [-0.4, -0.2) is 15.6 Å². The van der Waals surface area contributed by atoms with E-state index in [2.05, 4.69) is 22.6 Å². The summed E-state index contributed by atoms with van der Waals surface area (Å²) >= 11 is 2.22. The van der Waals surface area contributed by atoms with E-state index in [1.54, 1.807) is 35.0 Å². The van der Waals surface area contributed by atoms with Crippen LogP contribution in [0.4, 0.5) is 0 Å². The first-order chi connectivity index (χ1) is 10.5. The van der Waals surface area contributed by atoms with E-state index < -0.39 is 5.97 Å². The van der Waals surface area contributed by atoms with Gasteiger partial charge in [-0.15, -0.1) is 0 Å². The molecule has 0 saturated heterocycles. The fourth-order valence-electron chi connectivity index (χ4n) is 2.33. The van der Waals surface area contributed by atoms with Crippen molar-refractivity contribution in [1.29, 1.82) is 0 Å². The molecule has 2 aromatic carbocycles. The molecule has 0 radical (unpaired) electrons. The molecule has 1 heterocycles. The van der Waals surface area contributed by atoms with E-state index in [1.807, 2.05) is 24.3 Å². The smallest absolute Gasteiger partial charge is 0.335 e. The van der Waals surface area contributed by atoms with Crippen LogP contribution in [-0.2, 0) is 6.54 Å². The van der Waals surface area contributed by atoms with Crippen LogP contribution in [0.5, 0.6) is 0 Å². The average Bonchev–Trinajstić information content (AvgIpc) is 2.50. The van der Waals surface area contributed by atoms with Crippen molar-refractivity contribution < 1.29 is 9.90 Å². The third-order valence-corrected chi connectivity index (χ3v) is 4.16. The Bertz CT molecular complexity index is 913. The summed E-state index contributed by atoms with van der Waals surface area (Å²) in [5, 5.41) is 10.5. The summed E-state index contributed by atoms with van der Waals surface area (Å²) in [5.74, 6) is -0.955. The molecule has 0 aliphatic carbocycles. The van der Waals surface area contributed by atoms with Gasteiger partial charge in [0.2, 0.25) is 0 Å². The number of fused-ring (bicyclic) bond motifs is 1. The lowest BCUT2D eigenvalue weighted by molar-refractivity contribution is 0.0697. The lowest BCUT2D eigenvalue weighted by Gasteiger charge is -2.08. The number of hydrogen-bond acceptors (Lipinski definition) is 2. The number of rotatable bonds is 3. The van der Waals surface area contributed by atoms with Crippen LogP contribution in [0.2, 0.25) is 0 Å². The molecule has 0 aliphatic rings. The molecule has 0 aliphatic heterocycles. The molecule has 5 heteroatoms. The lowest BCUT2D eigenvalue weighted by atomic mass is 10.1. The Morgan fingerprint density at radius 2 is 1.82 bits per heavy atom. The van der Waals surface area contributed by atoms with Crippen LogP contribution in [0.25, 0.3) is 10.8 Å². The highest BCUT2D eigenvalue weighted by Gasteiger charge is 2.05. The van der Waals surface area contributed by atoms with Crippen molar-refractivity contribution in [3.8, 4) is 0 Å². The normalized spacial score (nSPS) is 10.8. The highest BCUT2D eigenvalue weighted by atomic mass is 127. The molecule has 3 aromatic rings. The maximum atomic E-state index is 12.5. The van der Waals surface area contributed by atoms with Crippen LogP contribution >= 0.6 is 22.6 Å². The Morgan fingerprint density at radius 3 is 2.50 bits per heavy atom. The second kappa shape index (κ2) is 5.92. The fraction of sp³-hybridized carbons (Fsp3) is 0.0588. The molecule has 0 fully saturated rings. The summed E-state index contributed by atoms with van der Waals surface area (Å²) in [6.45, 7) is 0.417. The van der Waals surface area contributed by atoms with Crippen LogP contribution in [0.3, 0.4) is 0 Å². The number of hydrogen-bond donors (Lipinski definition) is 1. The summed E-state index contributed by atoms with van der Waals surface area (Å²) < 4.78 is 2.72. The Kier molecular flexibility index (Phi) is 3.98. The molecule has 0 atom stereocenters. The van der Waals surface area contributed by atoms with Crippen molar-refractivity contribution in [2.24, 2.45) is 0 Å². The van der Waals surface area contributed by atoms with E-state index >= 15 is 0 Å². The minimum absolute atomic E-state index is 0.0452. The Hall–Kier alpha value is -2.15. The number of carboxylic acid groups (broad SMARTS) is 1. The number of nitrogens with zero attached hydrogens (tertiary/aromatic N) is 1. The zero-order chi connectivity index (χ0) is 15.7. The van der Waals surface area contributed by atoms with Gasteiger partial charge in [0, 0.05) is 15.2 Å². The highest BCUT2D eigenvalue weighted by Crippen LogP contribution is 2.14. The predicted molar refractivity (Wildman–Crippen MR) is 93.4 cm³/mol. The van der Waals surface area contributed by atoms with Crippen LogP contribution in [0.1, 0.15) is 15.9 Å². The highest BCUT2D eigenvalue weighted by molar-refractivity contribution is 14.1. The fourth-order valence-corrected chi connectivity index (χ4v) is 2.85. The molecule has 0 unspecified atom stereocenters. The quantitative estimate of drug-likeness (QED) is 0.680. The zero-order valence-corrected chi connectivity index (χ0v) is 13.6. The van der Waals surface area contributed by atoms with Gasteiger partial charge in [-0.1, -0.05) is 12.1 Å². The van der Waals surface area contributed by atoms with Crippen molar-refractivity contribution in [3.63, 3.8) is 0 Å². The second-order valence-corrected chi connectivity index (χ2v) is 6.23. The number of pyridine rings is 1. The topological polar surface area (TPSA) is 59.3 Å². The first-order valence-corrected chi connectivity index (χ1v) is 7.73. The van der Waals surface area contributed by atoms with Crippen LogP contribution in [0, 0.1) is 3.57 Å². The van der Waals surface area contributed by atoms with Crippen molar-refractivity contribution in [2.75, 3.05) is 0 Å². The van der Waals surface area contributed by atoms with Gasteiger partial charge in [0.25, 0.3) is 5.56 Å². The maximum absolute atomic E-state index is 12.5. The molecule has 1 N–H and O–H groups in total. The van der Waals surface area contributed by atoms with E-state index in [0.29, 0.717) is 11.9 Å². The number of aromatic carboxylic acids is 1. The van der Waals surface area contributed by atoms with Gasteiger partial charge in [0.05, 0.1) is 12.1 Å². The zero-order valence-electron chi connectivity index (χ0n) is 11.5. The summed E-state index contributed by atoms with van der Waals surface area (Å²) in [5.41, 5.74) is 1.08. The molecule has 0 saturated carbocycles. The molecule has 3 rings (SSSR count). The molecule has 110 valence electrons. The number of carboxylic acids is 1. The Balaban J connectivity index is 1.97. The van der Waals surface area contributed by atoms with E-state index in [1.165, 1.54) is 0 Å². The van der Waals surface area contributed by atoms with Crippen LogP contribution in [0.15, 0.2) is 59.5 Å². The van der Waals surface area contributed by atoms with Gasteiger partial charge in [-0.25, -0.2) is 4.79 Å². The summed E-state index contributed by atoms with van der Waals surface area (Å²) in [4.78, 5) is 23.3. The number of halogens is 1. The van der Waals surface area contributed by atoms with E-state index in [0.717, 1.165) is 14.5 Å². The molecule has 0 spiro atoms. The summed E-state index contributed by atoms with van der Waals surface area (Å²) in [6.07, 6.45) is 1.77. The molecular weight excluding hydrogens is 393 g/mol. The SMILES string of the molecule is O=C(O)c1ccc(Cn2ccc3cc(I)ccc3c2=O)cc1. The van der Waals surface area contributed by atoms with Gasteiger partial charge in [0.1, 0.15) is 0 Å². The van der Waals surface area contributed by atoms with E-state index in [-0.39, 0.29) is 11.1 Å². The molecule has 0 amide bonds. The standard InChI is InChI=1S/C17H12INO3/c18-14-5-6-15-13(9-14)7-8-19(16(15)20)10-11-1-3-12(4-2-11)17(21)22/h1-9H,10H2,(H,21,22). The van der Waals surface area contributed by atoms with Gasteiger partial charge >= 0.3 is 5.97 Å². The third kappa shape index (κ3) is 2.89. The van der Waals surface area contributed by atoms with Crippen molar-refractivity contribution >= 4 is 39.3 Å². The van der Waals surface area contributed by atoms with E-state index in [4.69, 9.17) is 5.11 Å². The second-order valence-electron chi connectivity index (χ2n) is 4.98. The summed E-state index contributed by atoms with van der Waals surface area (Å²) in [6, 6.07) is 14.2. The Labute approximate surface area is 140 Å². The largest absolute Gasteiger partial charge is 0.478 e. The lowest BCUT2D eigenvalue weighted by Crippen LogP contribution is -2.20. The monoisotopic (exact) mass is 405 g/mol. The number of aromatic nitrogens is 1. The van der Waals surface area contributed by atoms with Gasteiger partial charge in [-0.2, -0.15) is 0 Å². The van der Waals surface area contributed by atoms with Crippen molar-refractivity contribution in [3.05, 3.63) is 79.8 Å². The van der Waals surface area contributed by atoms with Gasteiger partial charge in [0.15, 0.2) is 0 Å². The van der Waals surface area contributed by atoms with Gasteiger partial charge in [-0.05, 0) is 69.9 Å². The average molecular weight is 405 g/mol. The molecule has 22 heavy (non-hydrogen) atoms. The maximum Gasteiger partial charge on any atom is 0.335 e. The minimum Gasteiger partial charge on any atom is -0.478 e.